The maximum absolute atomic E-state index is 12.7. The number of ether oxygens (including phenoxy) is 2. The lowest BCUT2D eigenvalue weighted by Gasteiger charge is -2.35. The summed E-state index contributed by atoms with van der Waals surface area (Å²) in [4.78, 5) is 0.0659. The Balaban J connectivity index is 2.29. The third kappa shape index (κ3) is 3.68. The van der Waals surface area contributed by atoms with E-state index in [-0.39, 0.29) is 16.4 Å². The summed E-state index contributed by atoms with van der Waals surface area (Å²) in [7, 11) is -3.69. The number of methoxy groups -OCH3 is 2. The topological polar surface area (TPSA) is 82.0 Å². The van der Waals surface area contributed by atoms with Crippen LogP contribution < -0.4 is 0 Å². The third-order valence-electron chi connectivity index (χ3n) is 3.90. The van der Waals surface area contributed by atoms with Crippen LogP contribution >= 0.6 is 0 Å². The van der Waals surface area contributed by atoms with E-state index >= 15 is 0 Å². The first-order valence-corrected chi connectivity index (χ1v) is 10.2. The van der Waals surface area contributed by atoms with Crippen molar-refractivity contribution in [3.8, 4) is 0 Å². The lowest BCUT2D eigenvalue weighted by Crippen LogP contribution is -2.42. The quantitative estimate of drug-likeness (QED) is 0.777. The molecule has 0 aliphatic carbocycles. The van der Waals surface area contributed by atoms with Gasteiger partial charge in [0.15, 0.2) is 5.79 Å². The van der Waals surface area contributed by atoms with Gasteiger partial charge in [0.1, 0.15) is 0 Å². The van der Waals surface area contributed by atoms with Gasteiger partial charge in [-0.1, -0.05) is 17.7 Å². The van der Waals surface area contributed by atoms with Crippen molar-refractivity contribution in [2.24, 2.45) is 3.77 Å². The molecule has 8 heteroatoms. The van der Waals surface area contributed by atoms with E-state index in [0.717, 1.165) is 5.56 Å². The lowest BCUT2D eigenvalue weighted by molar-refractivity contribution is -0.210. The van der Waals surface area contributed by atoms with Crippen molar-refractivity contribution in [3.05, 3.63) is 29.8 Å². The van der Waals surface area contributed by atoms with Gasteiger partial charge in [-0.2, -0.15) is 8.42 Å². The van der Waals surface area contributed by atoms with Crippen molar-refractivity contribution >= 4 is 19.8 Å². The molecule has 0 unspecified atom stereocenters. The van der Waals surface area contributed by atoms with E-state index in [1.54, 1.807) is 12.1 Å². The number of sulfonamides is 1. The fourth-order valence-corrected chi connectivity index (χ4v) is 6.67. The van der Waals surface area contributed by atoms with Gasteiger partial charge in [0.05, 0.1) is 14.6 Å². The zero-order chi connectivity index (χ0) is 16.4. The third-order valence-corrected chi connectivity index (χ3v) is 8.32. The average Bonchev–Trinajstić information content (AvgIpc) is 2.48. The SMILES string of the molecule is COC1(OC)CCS(=O)(=NS(=O)(=O)c2ccc(C)cc2)CC1. The van der Waals surface area contributed by atoms with Crippen LogP contribution in [0.4, 0.5) is 0 Å². The van der Waals surface area contributed by atoms with Gasteiger partial charge in [-0.25, -0.2) is 4.21 Å². The molecule has 1 aromatic carbocycles. The Labute approximate surface area is 132 Å². The molecule has 6 nitrogen and oxygen atoms in total. The molecule has 0 spiro atoms. The van der Waals surface area contributed by atoms with E-state index in [1.807, 2.05) is 6.92 Å². The number of nitrogens with zero attached hydrogens (tertiary/aromatic N) is 1. The molecule has 0 aromatic heterocycles. The van der Waals surface area contributed by atoms with Crippen molar-refractivity contribution in [2.75, 3.05) is 25.7 Å². The summed E-state index contributed by atoms with van der Waals surface area (Å²) in [6, 6.07) is 6.34. The molecular formula is C14H21NO5S2. The van der Waals surface area contributed by atoms with Crippen LogP contribution in [0.5, 0.6) is 0 Å². The molecule has 0 N–H and O–H groups in total. The second-order valence-electron chi connectivity index (χ2n) is 5.36. The smallest absolute Gasteiger partial charge is 0.290 e. The Morgan fingerprint density at radius 2 is 1.59 bits per heavy atom. The fourth-order valence-electron chi connectivity index (χ4n) is 2.36. The molecule has 1 saturated heterocycles. The van der Waals surface area contributed by atoms with Crippen LogP contribution in [-0.4, -0.2) is 44.1 Å². The molecule has 1 aliphatic rings. The predicted molar refractivity (Wildman–Crippen MR) is 84.7 cm³/mol. The highest BCUT2D eigenvalue weighted by atomic mass is 32.3. The summed E-state index contributed by atoms with van der Waals surface area (Å²) in [5, 5.41) is 0. The van der Waals surface area contributed by atoms with E-state index in [9.17, 15) is 12.6 Å². The second-order valence-corrected chi connectivity index (χ2v) is 9.74. The molecule has 22 heavy (non-hydrogen) atoms. The van der Waals surface area contributed by atoms with Crippen LogP contribution in [0.3, 0.4) is 0 Å². The Morgan fingerprint density at radius 1 is 1.09 bits per heavy atom. The molecule has 1 aromatic rings. The maximum atomic E-state index is 12.7. The number of rotatable bonds is 4. The summed E-state index contributed by atoms with van der Waals surface area (Å²) in [5.41, 5.74) is 0.950. The van der Waals surface area contributed by atoms with Gasteiger partial charge in [0.25, 0.3) is 10.0 Å². The standard InChI is InChI=1S/C14H21NO5S2/c1-12-4-6-13(7-5-12)22(17,18)15-21(16)10-8-14(19-2,20-3)9-11-21/h4-7H,8-11H2,1-3H3. The lowest BCUT2D eigenvalue weighted by atomic mass is 10.1. The maximum Gasteiger partial charge on any atom is 0.290 e. The van der Waals surface area contributed by atoms with Gasteiger partial charge in [-0.3, -0.25) is 0 Å². The van der Waals surface area contributed by atoms with Crippen molar-refractivity contribution in [1.82, 2.24) is 0 Å². The van der Waals surface area contributed by atoms with Crippen molar-refractivity contribution in [3.63, 3.8) is 0 Å². The van der Waals surface area contributed by atoms with Gasteiger partial charge in [0.2, 0.25) is 0 Å². The molecule has 0 bridgehead atoms. The fraction of sp³-hybridized carbons (Fsp3) is 0.571. The van der Waals surface area contributed by atoms with Crippen LogP contribution in [0, 0.1) is 6.92 Å². The molecule has 0 atom stereocenters. The second kappa shape index (κ2) is 6.27. The number of hydrogen-bond donors (Lipinski definition) is 0. The molecule has 124 valence electrons. The Kier molecular flexibility index (Phi) is 4.96. The van der Waals surface area contributed by atoms with Crippen LogP contribution in [0.2, 0.25) is 0 Å². The molecule has 0 saturated carbocycles. The minimum absolute atomic E-state index is 0.0659. The van der Waals surface area contributed by atoms with Crippen molar-refractivity contribution in [2.45, 2.75) is 30.4 Å². The number of aryl methyl sites for hydroxylation is 1. The first-order valence-electron chi connectivity index (χ1n) is 6.90. The van der Waals surface area contributed by atoms with E-state index in [1.165, 1.54) is 26.4 Å². The summed E-state index contributed by atoms with van der Waals surface area (Å²) in [6.07, 6.45) is 0.706. The molecule has 2 rings (SSSR count). The van der Waals surface area contributed by atoms with Gasteiger partial charge in [-0.05, 0) is 19.1 Å². The van der Waals surface area contributed by atoms with E-state index in [0.29, 0.717) is 12.8 Å². The molecule has 1 fully saturated rings. The normalized spacial score (nSPS) is 20.5. The molecule has 1 heterocycles. The minimum Gasteiger partial charge on any atom is -0.353 e. The van der Waals surface area contributed by atoms with Gasteiger partial charge in [0, 0.05) is 38.6 Å². The summed E-state index contributed by atoms with van der Waals surface area (Å²) < 4.78 is 51.7. The zero-order valence-electron chi connectivity index (χ0n) is 12.9. The van der Waals surface area contributed by atoms with Crippen molar-refractivity contribution < 1.29 is 22.1 Å². The zero-order valence-corrected chi connectivity index (χ0v) is 14.6. The monoisotopic (exact) mass is 347 g/mol. The highest BCUT2D eigenvalue weighted by molar-refractivity contribution is 8.03. The average molecular weight is 347 g/mol. The molecule has 0 radical (unpaired) electrons. The molecule has 0 amide bonds. The van der Waals surface area contributed by atoms with Crippen LogP contribution in [0.1, 0.15) is 18.4 Å². The molecular weight excluding hydrogens is 326 g/mol. The highest BCUT2D eigenvalue weighted by Gasteiger charge is 2.37. The first-order chi connectivity index (χ1) is 10.2. The highest BCUT2D eigenvalue weighted by Crippen LogP contribution is 2.29. The van der Waals surface area contributed by atoms with E-state index in [2.05, 4.69) is 3.77 Å². The summed E-state index contributed by atoms with van der Waals surface area (Å²) >= 11 is 0. The van der Waals surface area contributed by atoms with Gasteiger partial charge in [-0.15, -0.1) is 3.77 Å². The van der Waals surface area contributed by atoms with Crippen LogP contribution in [-0.2, 0) is 29.2 Å². The van der Waals surface area contributed by atoms with Gasteiger partial charge < -0.3 is 9.47 Å². The largest absolute Gasteiger partial charge is 0.353 e. The first kappa shape index (κ1) is 17.4. The van der Waals surface area contributed by atoms with Crippen LogP contribution in [0.15, 0.2) is 32.9 Å². The Hall–Kier alpha value is -0.960. The number of benzene rings is 1. The minimum atomic E-state index is -3.92. The van der Waals surface area contributed by atoms with Gasteiger partial charge >= 0.3 is 0 Å². The summed E-state index contributed by atoms with van der Waals surface area (Å²) in [6.45, 7) is 1.87. The van der Waals surface area contributed by atoms with E-state index < -0.39 is 25.5 Å². The Bertz CT molecular complexity index is 726. The van der Waals surface area contributed by atoms with E-state index in [4.69, 9.17) is 9.47 Å². The van der Waals surface area contributed by atoms with Crippen molar-refractivity contribution in [1.29, 1.82) is 0 Å². The number of hydrogen-bond acceptors (Lipinski definition) is 5. The predicted octanol–water partition coefficient (Wildman–Crippen LogP) is 1.93. The summed E-state index contributed by atoms with van der Waals surface area (Å²) in [5.74, 6) is -0.510. The Morgan fingerprint density at radius 3 is 2.05 bits per heavy atom. The molecule has 1 aliphatic heterocycles. The van der Waals surface area contributed by atoms with Crippen LogP contribution in [0.25, 0.3) is 0 Å².